The lowest BCUT2D eigenvalue weighted by atomic mass is 10.4. The molecule has 5 nitrogen and oxygen atoms in total. The van der Waals surface area contributed by atoms with Gasteiger partial charge in [0.2, 0.25) is 10.0 Å². The number of aromatic nitrogens is 1. The molecule has 1 unspecified atom stereocenters. The zero-order chi connectivity index (χ0) is 11.5. The lowest BCUT2D eigenvalue weighted by Crippen LogP contribution is -2.31. The second-order valence-electron chi connectivity index (χ2n) is 3.36. The van der Waals surface area contributed by atoms with Crippen LogP contribution in [0.5, 0.6) is 0 Å². The summed E-state index contributed by atoms with van der Waals surface area (Å²) in [6, 6.07) is 5.14. The molecule has 0 amide bonds. The number of sulfonamides is 1. The first-order chi connectivity index (χ1) is 6.95. The van der Waals surface area contributed by atoms with E-state index in [0.717, 1.165) is 5.69 Å². The van der Waals surface area contributed by atoms with Crippen LogP contribution in [-0.4, -0.2) is 25.2 Å². The molecule has 0 radical (unpaired) electrons. The Morgan fingerprint density at radius 1 is 1.53 bits per heavy atom. The fraction of sp³-hybridized carbons (Fsp3) is 0.444. The van der Waals surface area contributed by atoms with Gasteiger partial charge in [-0.05, 0) is 26.0 Å². The average molecular weight is 229 g/mol. The lowest BCUT2D eigenvalue weighted by Gasteiger charge is -2.12. The number of hydrogen-bond acceptors (Lipinski definition) is 4. The Morgan fingerprint density at radius 3 is 2.73 bits per heavy atom. The minimum atomic E-state index is -3.42. The van der Waals surface area contributed by atoms with E-state index in [2.05, 4.69) is 9.71 Å². The third-order valence-corrected chi connectivity index (χ3v) is 3.74. The van der Waals surface area contributed by atoms with Crippen molar-refractivity contribution in [2.24, 2.45) is 5.73 Å². The van der Waals surface area contributed by atoms with Crippen LogP contribution in [0.3, 0.4) is 0 Å². The summed E-state index contributed by atoms with van der Waals surface area (Å²) in [5.41, 5.74) is 6.06. The van der Waals surface area contributed by atoms with Gasteiger partial charge in [0, 0.05) is 12.2 Å². The molecule has 0 spiro atoms. The molecule has 0 fully saturated rings. The number of anilines is 1. The second-order valence-corrected chi connectivity index (χ2v) is 5.46. The van der Waals surface area contributed by atoms with E-state index in [9.17, 15) is 8.42 Å². The number of pyridine rings is 1. The van der Waals surface area contributed by atoms with Gasteiger partial charge in [-0.15, -0.1) is 0 Å². The summed E-state index contributed by atoms with van der Waals surface area (Å²) in [5, 5.41) is -0.625. The highest BCUT2D eigenvalue weighted by Gasteiger charge is 2.19. The third kappa shape index (κ3) is 3.17. The number of rotatable bonds is 4. The Balaban J connectivity index is 2.87. The minimum absolute atomic E-state index is 0.0845. The molecular formula is C9H15N3O2S. The van der Waals surface area contributed by atoms with Crippen molar-refractivity contribution in [3.63, 3.8) is 0 Å². The van der Waals surface area contributed by atoms with Crippen LogP contribution in [0, 0.1) is 6.92 Å². The standard InChI is InChI=1S/C9H15N3O2S/c1-7-4-3-5-9(11-7)12-15(13,14)8(2)6-10/h3-5,8H,6,10H2,1-2H3,(H,11,12). The van der Waals surface area contributed by atoms with E-state index in [1.165, 1.54) is 0 Å². The third-order valence-electron chi connectivity index (χ3n) is 2.00. The molecule has 0 aliphatic carbocycles. The van der Waals surface area contributed by atoms with Gasteiger partial charge in [-0.25, -0.2) is 13.4 Å². The van der Waals surface area contributed by atoms with Crippen LogP contribution in [0.1, 0.15) is 12.6 Å². The van der Waals surface area contributed by atoms with Crippen LogP contribution in [0.15, 0.2) is 18.2 Å². The van der Waals surface area contributed by atoms with Crippen molar-refractivity contribution in [2.45, 2.75) is 19.1 Å². The monoisotopic (exact) mass is 229 g/mol. The highest BCUT2D eigenvalue weighted by molar-refractivity contribution is 7.93. The molecule has 1 aromatic heterocycles. The van der Waals surface area contributed by atoms with Gasteiger partial charge < -0.3 is 5.73 Å². The fourth-order valence-electron chi connectivity index (χ4n) is 0.973. The van der Waals surface area contributed by atoms with Gasteiger partial charge in [-0.2, -0.15) is 0 Å². The quantitative estimate of drug-likeness (QED) is 0.786. The summed E-state index contributed by atoms with van der Waals surface area (Å²) in [7, 11) is -3.42. The molecule has 1 heterocycles. The lowest BCUT2D eigenvalue weighted by molar-refractivity contribution is 0.589. The normalized spacial score (nSPS) is 13.5. The number of aryl methyl sites for hydroxylation is 1. The predicted molar refractivity (Wildman–Crippen MR) is 60.0 cm³/mol. The number of nitrogens with one attached hydrogen (secondary N) is 1. The zero-order valence-corrected chi connectivity index (χ0v) is 9.58. The van der Waals surface area contributed by atoms with Crippen molar-refractivity contribution in [3.05, 3.63) is 23.9 Å². The first-order valence-corrected chi connectivity index (χ1v) is 6.15. The van der Waals surface area contributed by atoms with Gasteiger partial charge >= 0.3 is 0 Å². The van der Waals surface area contributed by atoms with Gasteiger partial charge in [-0.1, -0.05) is 6.07 Å². The fourth-order valence-corrected chi connectivity index (χ4v) is 1.83. The van der Waals surface area contributed by atoms with E-state index in [1.54, 1.807) is 32.0 Å². The molecule has 1 rings (SSSR count). The van der Waals surface area contributed by atoms with E-state index in [-0.39, 0.29) is 6.54 Å². The smallest absolute Gasteiger partial charge is 0.237 e. The molecule has 1 atom stereocenters. The summed E-state index contributed by atoms with van der Waals surface area (Å²) in [6.07, 6.45) is 0. The summed E-state index contributed by atoms with van der Waals surface area (Å²) in [4.78, 5) is 4.04. The highest BCUT2D eigenvalue weighted by Crippen LogP contribution is 2.09. The van der Waals surface area contributed by atoms with Gasteiger partial charge in [0.05, 0.1) is 5.25 Å². The number of nitrogens with zero attached hydrogens (tertiary/aromatic N) is 1. The van der Waals surface area contributed by atoms with Crippen molar-refractivity contribution in [2.75, 3.05) is 11.3 Å². The van der Waals surface area contributed by atoms with E-state index in [0.29, 0.717) is 5.82 Å². The molecule has 0 aliphatic rings. The molecule has 0 saturated carbocycles. The largest absolute Gasteiger partial charge is 0.329 e. The second kappa shape index (κ2) is 4.59. The molecule has 0 saturated heterocycles. The molecule has 1 aromatic rings. The van der Waals surface area contributed by atoms with Gasteiger partial charge in [0.1, 0.15) is 5.82 Å². The zero-order valence-electron chi connectivity index (χ0n) is 8.77. The SMILES string of the molecule is Cc1cccc(NS(=O)(=O)C(C)CN)n1. The summed E-state index contributed by atoms with van der Waals surface area (Å²) < 4.78 is 25.6. The van der Waals surface area contributed by atoms with Gasteiger partial charge in [-0.3, -0.25) is 4.72 Å². The molecule has 6 heteroatoms. The summed E-state index contributed by atoms with van der Waals surface area (Å²) in [6.45, 7) is 3.43. The average Bonchev–Trinajstić information content (AvgIpc) is 2.15. The summed E-state index contributed by atoms with van der Waals surface area (Å²) >= 11 is 0. The van der Waals surface area contributed by atoms with Crippen LogP contribution in [0.25, 0.3) is 0 Å². The van der Waals surface area contributed by atoms with Crippen LogP contribution in [0.4, 0.5) is 5.82 Å². The maximum Gasteiger partial charge on any atom is 0.237 e. The number of nitrogens with two attached hydrogens (primary N) is 1. The molecule has 15 heavy (non-hydrogen) atoms. The Morgan fingerprint density at radius 2 is 2.20 bits per heavy atom. The molecular weight excluding hydrogens is 214 g/mol. The Kier molecular flexibility index (Phi) is 3.65. The summed E-state index contributed by atoms with van der Waals surface area (Å²) in [5.74, 6) is 0.329. The molecule has 0 bridgehead atoms. The van der Waals surface area contributed by atoms with Gasteiger partial charge in [0.25, 0.3) is 0 Å². The Labute approximate surface area is 89.8 Å². The van der Waals surface area contributed by atoms with Crippen molar-refractivity contribution in [1.82, 2.24) is 4.98 Å². The topological polar surface area (TPSA) is 85.1 Å². The van der Waals surface area contributed by atoms with Crippen LogP contribution in [-0.2, 0) is 10.0 Å². The Bertz CT molecular complexity index is 431. The van der Waals surface area contributed by atoms with E-state index in [1.807, 2.05) is 0 Å². The van der Waals surface area contributed by atoms with Crippen molar-refractivity contribution >= 4 is 15.8 Å². The van der Waals surface area contributed by atoms with Crippen LogP contribution in [0.2, 0.25) is 0 Å². The highest BCUT2D eigenvalue weighted by atomic mass is 32.2. The van der Waals surface area contributed by atoms with Crippen molar-refractivity contribution < 1.29 is 8.42 Å². The van der Waals surface area contributed by atoms with Crippen LogP contribution < -0.4 is 10.5 Å². The minimum Gasteiger partial charge on any atom is -0.329 e. The van der Waals surface area contributed by atoms with Crippen LogP contribution >= 0.6 is 0 Å². The van der Waals surface area contributed by atoms with E-state index in [4.69, 9.17) is 5.73 Å². The van der Waals surface area contributed by atoms with Crippen molar-refractivity contribution in [3.8, 4) is 0 Å². The first kappa shape index (κ1) is 11.9. The molecule has 3 N–H and O–H groups in total. The molecule has 84 valence electrons. The van der Waals surface area contributed by atoms with Gasteiger partial charge in [0.15, 0.2) is 0 Å². The maximum absolute atomic E-state index is 11.6. The van der Waals surface area contributed by atoms with E-state index < -0.39 is 15.3 Å². The van der Waals surface area contributed by atoms with E-state index >= 15 is 0 Å². The molecule has 0 aromatic carbocycles. The van der Waals surface area contributed by atoms with Crippen molar-refractivity contribution in [1.29, 1.82) is 0 Å². The predicted octanol–water partition coefficient (Wildman–Crippen LogP) is 0.479. The maximum atomic E-state index is 11.6. The molecule has 0 aliphatic heterocycles. The first-order valence-electron chi connectivity index (χ1n) is 4.61. The Hall–Kier alpha value is -1.14. The number of hydrogen-bond donors (Lipinski definition) is 2.